The molecule has 0 aliphatic rings. The summed E-state index contributed by atoms with van der Waals surface area (Å²) in [6.45, 7) is 3.77. The number of carbonyl (C=O) groups is 1. The summed E-state index contributed by atoms with van der Waals surface area (Å²) in [6.07, 6.45) is 2.29. The van der Waals surface area contributed by atoms with Crippen molar-refractivity contribution in [2.24, 2.45) is 0 Å². The third-order valence-electron chi connectivity index (χ3n) is 0.638. The zero-order valence-corrected chi connectivity index (χ0v) is 6.06. The van der Waals surface area contributed by atoms with E-state index in [1.54, 1.807) is 0 Å². The highest BCUT2D eigenvalue weighted by molar-refractivity contribution is 6.29. The van der Waals surface area contributed by atoms with Crippen LogP contribution in [-0.2, 0) is 4.79 Å². The van der Waals surface area contributed by atoms with Crippen molar-refractivity contribution in [3.8, 4) is 0 Å². The maximum atomic E-state index is 9.86. The topological polar surface area (TPSA) is 49.3 Å². The number of rotatable bonds is 4. The fourth-order valence-electron chi connectivity index (χ4n) is 0.300. The molecule has 2 N–H and O–H groups in total. The lowest BCUT2D eigenvalue weighted by Crippen LogP contribution is -2.06. The SMILES string of the molecule is C=C(Cl)CN/C=C/C(=O)O. The van der Waals surface area contributed by atoms with E-state index in [0.717, 1.165) is 6.08 Å². The predicted molar refractivity (Wildman–Crippen MR) is 39.8 cm³/mol. The Morgan fingerprint density at radius 3 is 2.80 bits per heavy atom. The van der Waals surface area contributed by atoms with Crippen LogP contribution in [0, 0.1) is 0 Å². The average Bonchev–Trinajstić information content (AvgIpc) is 1.79. The Morgan fingerprint density at radius 1 is 1.80 bits per heavy atom. The van der Waals surface area contributed by atoms with Crippen molar-refractivity contribution >= 4 is 17.6 Å². The number of carboxylic acids is 1. The van der Waals surface area contributed by atoms with Gasteiger partial charge >= 0.3 is 5.97 Å². The van der Waals surface area contributed by atoms with Gasteiger partial charge in [-0.3, -0.25) is 0 Å². The summed E-state index contributed by atoms with van der Waals surface area (Å²) in [7, 11) is 0. The highest BCUT2D eigenvalue weighted by Crippen LogP contribution is 1.91. The summed E-state index contributed by atoms with van der Waals surface area (Å²) in [5.41, 5.74) is 0. The molecule has 56 valence electrons. The van der Waals surface area contributed by atoms with Gasteiger partial charge in [0.1, 0.15) is 0 Å². The third-order valence-corrected chi connectivity index (χ3v) is 0.771. The largest absolute Gasteiger partial charge is 0.478 e. The van der Waals surface area contributed by atoms with Gasteiger partial charge in [0.25, 0.3) is 0 Å². The number of carboxylic acid groups (broad SMARTS) is 1. The van der Waals surface area contributed by atoms with Crippen LogP contribution in [0.1, 0.15) is 0 Å². The second-order valence-electron chi connectivity index (χ2n) is 1.57. The van der Waals surface area contributed by atoms with Crippen molar-refractivity contribution in [2.45, 2.75) is 0 Å². The van der Waals surface area contributed by atoms with Crippen LogP contribution in [0.15, 0.2) is 23.9 Å². The maximum absolute atomic E-state index is 9.86. The van der Waals surface area contributed by atoms with Crippen molar-refractivity contribution in [1.29, 1.82) is 0 Å². The zero-order valence-electron chi connectivity index (χ0n) is 5.30. The molecular weight excluding hydrogens is 154 g/mol. The molecule has 0 aromatic heterocycles. The van der Waals surface area contributed by atoms with Crippen molar-refractivity contribution in [3.63, 3.8) is 0 Å². The van der Waals surface area contributed by atoms with E-state index < -0.39 is 5.97 Å². The van der Waals surface area contributed by atoms with Gasteiger partial charge in [0.2, 0.25) is 0 Å². The number of nitrogens with one attached hydrogen (secondary N) is 1. The number of aliphatic carboxylic acids is 1. The van der Waals surface area contributed by atoms with E-state index in [2.05, 4.69) is 11.9 Å². The van der Waals surface area contributed by atoms with Gasteiger partial charge < -0.3 is 10.4 Å². The van der Waals surface area contributed by atoms with Crippen molar-refractivity contribution in [2.75, 3.05) is 6.54 Å². The molecule has 0 unspecified atom stereocenters. The summed E-state index contributed by atoms with van der Waals surface area (Å²) in [5, 5.41) is 11.2. The Hall–Kier alpha value is -0.960. The van der Waals surface area contributed by atoms with E-state index >= 15 is 0 Å². The normalized spacial score (nSPS) is 9.70. The number of hydrogen-bond donors (Lipinski definition) is 2. The minimum atomic E-state index is -0.993. The fraction of sp³-hybridized carbons (Fsp3) is 0.167. The standard InChI is InChI=1S/C6H8ClNO2/c1-5(7)4-8-3-2-6(9)10/h2-3,8H,1,4H2,(H,9,10)/b3-2+. The fourth-order valence-corrected chi connectivity index (χ4v) is 0.377. The van der Waals surface area contributed by atoms with Gasteiger partial charge in [0.05, 0.1) is 0 Å². The Bertz CT molecular complexity index is 165. The molecule has 0 radical (unpaired) electrons. The van der Waals surface area contributed by atoms with Crippen molar-refractivity contribution in [1.82, 2.24) is 5.32 Å². The summed E-state index contributed by atoms with van der Waals surface area (Å²) in [6, 6.07) is 0. The van der Waals surface area contributed by atoms with Crippen LogP contribution in [0.5, 0.6) is 0 Å². The third kappa shape index (κ3) is 7.04. The van der Waals surface area contributed by atoms with Crippen LogP contribution in [0.3, 0.4) is 0 Å². The molecule has 4 heteroatoms. The van der Waals surface area contributed by atoms with Crippen LogP contribution >= 0.6 is 11.6 Å². The summed E-state index contributed by atoms with van der Waals surface area (Å²) >= 11 is 5.35. The van der Waals surface area contributed by atoms with Crippen molar-refractivity contribution < 1.29 is 9.90 Å². The summed E-state index contributed by atoms with van der Waals surface area (Å²) < 4.78 is 0. The molecule has 10 heavy (non-hydrogen) atoms. The molecular formula is C6H8ClNO2. The van der Waals surface area contributed by atoms with Crippen LogP contribution in [0.25, 0.3) is 0 Å². The molecule has 0 rings (SSSR count). The molecule has 0 aliphatic carbocycles. The molecule has 0 bridgehead atoms. The van der Waals surface area contributed by atoms with Gasteiger partial charge in [-0.05, 0) is 0 Å². The molecule has 0 aromatic rings. The van der Waals surface area contributed by atoms with Gasteiger partial charge in [0.15, 0.2) is 0 Å². The van der Waals surface area contributed by atoms with Crippen LogP contribution in [0.4, 0.5) is 0 Å². The number of halogens is 1. The van der Waals surface area contributed by atoms with E-state index in [9.17, 15) is 4.79 Å². The van der Waals surface area contributed by atoms with E-state index in [1.807, 2.05) is 0 Å². The van der Waals surface area contributed by atoms with Crippen LogP contribution in [-0.4, -0.2) is 17.6 Å². The first-order valence-corrected chi connectivity index (χ1v) is 2.97. The lowest BCUT2D eigenvalue weighted by atomic mass is 10.6. The summed E-state index contributed by atoms with van der Waals surface area (Å²) in [4.78, 5) is 9.86. The van der Waals surface area contributed by atoms with Gasteiger partial charge in [-0.2, -0.15) is 0 Å². The van der Waals surface area contributed by atoms with E-state index in [4.69, 9.17) is 16.7 Å². The van der Waals surface area contributed by atoms with E-state index in [1.165, 1.54) is 6.20 Å². The Labute approximate surface area is 64.0 Å². The van der Waals surface area contributed by atoms with Crippen LogP contribution < -0.4 is 5.32 Å². The first kappa shape index (κ1) is 9.04. The minimum absolute atomic E-state index is 0.380. The second-order valence-corrected chi connectivity index (χ2v) is 2.10. The molecule has 0 aliphatic heterocycles. The smallest absolute Gasteiger partial charge is 0.329 e. The Kier molecular flexibility index (Phi) is 4.41. The highest BCUT2D eigenvalue weighted by Gasteiger charge is 1.84. The molecule has 0 heterocycles. The molecule has 0 spiro atoms. The molecule has 0 amide bonds. The Morgan fingerprint density at radius 2 is 2.40 bits per heavy atom. The maximum Gasteiger partial charge on any atom is 0.329 e. The molecule has 0 atom stereocenters. The van der Waals surface area contributed by atoms with E-state index in [0.29, 0.717) is 11.6 Å². The number of hydrogen-bond acceptors (Lipinski definition) is 2. The van der Waals surface area contributed by atoms with E-state index in [-0.39, 0.29) is 0 Å². The minimum Gasteiger partial charge on any atom is -0.478 e. The second kappa shape index (κ2) is 4.88. The first-order chi connectivity index (χ1) is 4.63. The zero-order chi connectivity index (χ0) is 7.98. The Balaban J connectivity index is 3.36. The first-order valence-electron chi connectivity index (χ1n) is 2.59. The highest BCUT2D eigenvalue weighted by atomic mass is 35.5. The average molecular weight is 162 g/mol. The van der Waals surface area contributed by atoms with Gasteiger partial charge in [-0.15, -0.1) is 0 Å². The molecule has 0 fully saturated rings. The summed E-state index contributed by atoms with van der Waals surface area (Å²) in [5.74, 6) is -0.993. The molecule has 0 saturated carbocycles. The lowest BCUT2D eigenvalue weighted by Gasteiger charge is -1.94. The predicted octanol–water partition coefficient (Wildman–Crippen LogP) is 0.927. The van der Waals surface area contributed by atoms with Gasteiger partial charge in [-0.25, -0.2) is 4.79 Å². The van der Waals surface area contributed by atoms with Gasteiger partial charge in [-0.1, -0.05) is 18.2 Å². The molecule has 0 aromatic carbocycles. The van der Waals surface area contributed by atoms with Gasteiger partial charge in [0, 0.05) is 23.9 Å². The quantitative estimate of drug-likeness (QED) is 0.603. The lowest BCUT2D eigenvalue weighted by molar-refractivity contribution is -0.131. The molecule has 0 saturated heterocycles. The monoisotopic (exact) mass is 161 g/mol. The molecule has 3 nitrogen and oxygen atoms in total. The van der Waals surface area contributed by atoms with Crippen molar-refractivity contribution in [3.05, 3.63) is 23.9 Å². The van der Waals surface area contributed by atoms with Crippen LogP contribution in [0.2, 0.25) is 0 Å².